The number of hydrogen-bond acceptors (Lipinski definition) is 6. The van der Waals surface area contributed by atoms with E-state index in [-0.39, 0.29) is 13.2 Å². The summed E-state index contributed by atoms with van der Waals surface area (Å²) < 4.78 is 10.1. The number of carbonyl (C=O) groups is 4. The molecule has 11 nitrogen and oxygen atoms in total. The lowest BCUT2D eigenvalue weighted by Crippen LogP contribution is -2.14. The molecule has 0 saturated heterocycles. The van der Waals surface area contributed by atoms with Gasteiger partial charge < -0.3 is 24.4 Å². The average Bonchev–Trinajstić information content (AvgIpc) is 3.74. The molecule has 0 unspecified atom stereocenters. The summed E-state index contributed by atoms with van der Waals surface area (Å²) in [6.07, 6.45) is 1.43. The zero-order valence-electron chi connectivity index (χ0n) is 23.3. The molecular weight excluding hydrogens is 550 g/mol. The second-order valence-electron chi connectivity index (χ2n) is 9.73. The van der Waals surface area contributed by atoms with Crippen LogP contribution in [0.3, 0.4) is 0 Å². The van der Waals surface area contributed by atoms with E-state index in [1.165, 1.54) is 9.80 Å². The zero-order valence-corrected chi connectivity index (χ0v) is 23.3. The van der Waals surface area contributed by atoms with Crippen LogP contribution in [0.4, 0.5) is 22.9 Å². The molecule has 11 heteroatoms. The summed E-state index contributed by atoms with van der Waals surface area (Å²) in [4.78, 5) is 61.1. The number of amides is 2. The maximum Gasteiger partial charge on any atom is 0.354 e. The highest BCUT2D eigenvalue weighted by Gasteiger charge is 2.17. The van der Waals surface area contributed by atoms with Crippen LogP contribution >= 0.6 is 0 Å². The highest BCUT2D eigenvalue weighted by Crippen LogP contribution is 2.34. The Morgan fingerprint density at radius 1 is 0.605 bits per heavy atom. The normalized spacial score (nSPS) is 11.1. The van der Waals surface area contributed by atoms with Crippen LogP contribution in [0.25, 0.3) is 32.7 Å². The van der Waals surface area contributed by atoms with Crippen molar-refractivity contribution < 1.29 is 28.7 Å². The number of nitrogens with one attached hydrogen (secondary N) is 3. The number of rotatable bonds is 10. The van der Waals surface area contributed by atoms with Gasteiger partial charge in [-0.15, -0.1) is 0 Å². The van der Waals surface area contributed by atoms with Gasteiger partial charge in [-0.05, 0) is 86.6 Å². The number of esters is 2. The minimum absolute atomic E-state index is 0.269. The summed E-state index contributed by atoms with van der Waals surface area (Å²) in [5.41, 5.74) is 4.75. The Balaban J connectivity index is 1.30. The molecule has 2 amide bonds. The summed E-state index contributed by atoms with van der Waals surface area (Å²) in [6.45, 7) is 4.03. The third kappa shape index (κ3) is 5.08. The van der Waals surface area contributed by atoms with E-state index < -0.39 is 11.9 Å². The highest BCUT2D eigenvalue weighted by atomic mass is 16.5. The van der Waals surface area contributed by atoms with Crippen molar-refractivity contribution in [1.82, 2.24) is 15.0 Å². The number of hydrogen-bond donors (Lipinski definition) is 3. The number of ether oxygens (including phenoxy) is 2. The van der Waals surface area contributed by atoms with Gasteiger partial charge in [-0.25, -0.2) is 9.59 Å². The van der Waals surface area contributed by atoms with E-state index in [1.807, 2.05) is 24.3 Å². The van der Waals surface area contributed by atoms with Crippen LogP contribution in [0.2, 0.25) is 0 Å². The molecule has 216 valence electrons. The van der Waals surface area contributed by atoms with Crippen LogP contribution in [0, 0.1) is 0 Å². The number of nitrogens with zero attached hydrogens (tertiary/aromatic N) is 2. The lowest BCUT2D eigenvalue weighted by atomic mass is 10.1. The summed E-state index contributed by atoms with van der Waals surface area (Å²) in [5.74, 6) is -0.363. The largest absolute Gasteiger partial charge is 0.461 e. The summed E-state index contributed by atoms with van der Waals surface area (Å²) in [7, 11) is 0. The number of carbonyl (C=O) groups excluding carboxylic acids is 4. The number of benzene rings is 3. The van der Waals surface area contributed by atoms with Crippen molar-refractivity contribution in [2.45, 2.75) is 13.8 Å². The van der Waals surface area contributed by atoms with Crippen LogP contribution in [0.15, 0.2) is 72.8 Å². The third-order valence-corrected chi connectivity index (χ3v) is 7.09. The predicted molar refractivity (Wildman–Crippen MR) is 163 cm³/mol. The number of aromatic nitrogens is 3. The summed E-state index contributed by atoms with van der Waals surface area (Å²) in [6, 6.07) is 21.5. The molecule has 3 N–H and O–H groups in total. The molecular formula is C32H27N5O6. The molecule has 6 aromatic rings. The molecule has 0 saturated carbocycles. The van der Waals surface area contributed by atoms with Crippen LogP contribution in [-0.2, 0) is 19.1 Å². The van der Waals surface area contributed by atoms with Crippen molar-refractivity contribution in [3.63, 3.8) is 0 Å². The van der Waals surface area contributed by atoms with Gasteiger partial charge >= 0.3 is 11.9 Å². The van der Waals surface area contributed by atoms with E-state index in [9.17, 15) is 19.2 Å². The Hall–Kier alpha value is -5.84. The maximum atomic E-state index is 12.3. The molecule has 3 aromatic heterocycles. The Kier molecular flexibility index (Phi) is 7.12. The van der Waals surface area contributed by atoms with Gasteiger partial charge in [-0.2, -0.15) is 0 Å². The van der Waals surface area contributed by atoms with E-state index in [1.54, 1.807) is 62.4 Å². The van der Waals surface area contributed by atoms with Gasteiger partial charge in [0.1, 0.15) is 17.2 Å². The van der Waals surface area contributed by atoms with Crippen LogP contribution in [-0.4, -0.2) is 52.9 Å². The molecule has 0 radical (unpaired) electrons. The minimum Gasteiger partial charge on any atom is -0.461 e. The first-order chi connectivity index (χ1) is 20.9. The van der Waals surface area contributed by atoms with Crippen molar-refractivity contribution in [2.75, 3.05) is 23.0 Å². The van der Waals surface area contributed by atoms with Crippen molar-refractivity contribution in [2.24, 2.45) is 0 Å². The fraction of sp³-hybridized carbons (Fsp3) is 0.125. The van der Waals surface area contributed by atoms with Crippen molar-refractivity contribution in [3.8, 4) is 0 Å². The van der Waals surface area contributed by atoms with Gasteiger partial charge in [0, 0.05) is 44.1 Å². The standard InChI is InChI=1S/C32H27N5O6/c1-3-42-31(40)28-14-19-11-22(5-8-25(19)33-28)36(17-38)23-6-10-27-21(13-23)16-30(35-27)37(18-39)24-7-9-26-20(12-24)15-29(34-26)32(41)43-4-2/h5-18,33-35H,3-4H2,1-2H3. The summed E-state index contributed by atoms with van der Waals surface area (Å²) in [5, 5.41) is 2.29. The molecule has 3 aromatic carbocycles. The first kappa shape index (κ1) is 27.3. The fourth-order valence-corrected chi connectivity index (χ4v) is 5.09. The van der Waals surface area contributed by atoms with Crippen molar-refractivity contribution in [1.29, 1.82) is 0 Å². The quantitative estimate of drug-likeness (QED) is 0.133. The van der Waals surface area contributed by atoms with Crippen LogP contribution in [0.1, 0.15) is 34.8 Å². The molecule has 0 bridgehead atoms. The Bertz CT molecular complexity index is 1910. The van der Waals surface area contributed by atoms with Gasteiger partial charge in [0.15, 0.2) is 0 Å². The fourth-order valence-electron chi connectivity index (χ4n) is 5.09. The molecule has 43 heavy (non-hydrogen) atoms. The first-order valence-corrected chi connectivity index (χ1v) is 13.6. The van der Waals surface area contributed by atoms with Crippen molar-refractivity contribution in [3.05, 3.63) is 84.2 Å². The third-order valence-electron chi connectivity index (χ3n) is 7.09. The number of fused-ring (bicyclic) bond motifs is 3. The van der Waals surface area contributed by atoms with E-state index in [0.29, 0.717) is 40.7 Å². The first-order valence-electron chi connectivity index (χ1n) is 13.6. The predicted octanol–water partition coefficient (Wildman–Crippen LogP) is 6.07. The van der Waals surface area contributed by atoms with E-state index >= 15 is 0 Å². The minimum atomic E-state index is -0.447. The van der Waals surface area contributed by atoms with E-state index in [0.717, 1.165) is 39.1 Å². The average molecular weight is 578 g/mol. The Morgan fingerprint density at radius 3 is 1.47 bits per heavy atom. The SMILES string of the molecule is CCOC(=O)c1cc2cc(N(C=O)c3ccc4[nH]c(N(C=O)c5ccc6[nH]c(C(=O)OCC)cc6c5)cc4c3)ccc2[nH]1. The second-order valence-corrected chi connectivity index (χ2v) is 9.73. The van der Waals surface area contributed by atoms with E-state index in [2.05, 4.69) is 15.0 Å². The molecule has 3 heterocycles. The topological polar surface area (TPSA) is 141 Å². The zero-order chi connectivity index (χ0) is 30.1. The molecule has 0 atom stereocenters. The lowest BCUT2D eigenvalue weighted by molar-refractivity contribution is -0.107. The van der Waals surface area contributed by atoms with E-state index in [4.69, 9.17) is 9.47 Å². The van der Waals surface area contributed by atoms with Crippen molar-refractivity contribution >= 4 is 80.3 Å². The molecule has 6 rings (SSSR count). The lowest BCUT2D eigenvalue weighted by Gasteiger charge is -2.18. The Labute approximate surface area is 245 Å². The van der Waals surface area contributed by atoms with Gasteiger partial charge in [-0.1, -0.05) is 0 Å². The molecule has 0 aliphatic rings. The van der Waals surface area contributed by atoms with Gasteiger partial charge in [-0.3, -0.25) is 19.4 Å². The van der Waals surface area contributed by atoms with Gasteiger partial charge in [0.25, 0.3) is 0 Å². The number of anilines is 4. The second kappa shape index (κ2) is 11.2. The monoisotopic (exact) mass is 577 g/mol. The molecule has 0 spiro atoms. The number of H-pyrrole nitrogens is 3. The molecule has 0 aliphatic heterocycles. The van der Waals surface area contributed by atoms with Gasteiger partial charge in [0.05, 0.1) is 18.9 Å². The molecule has 0 aliphatic carbocycles. The van der Waals surface area contributed by atoms with Crippen LogP contribution < -0.4 is 9.80 Å². The number of aromatic amines is 3. The Morgan fingerprint density at radius 2 is 1.02 bits per heavy atom. The summed E-state index contributed by atoms with van der Waals surface area (Å²) >= 11 is 0. The molecule has 0 fully saturated rings. The maximum absolute atomic E-state index is 12.3. The smallest absolute Gasteiger partial charge is 0.354 e. The van der Waals surface area contributed by atoms with Gasteiger partial charge in [0.2, 0.25) is 12.8 Å². The van der Waals surface area contributed by atoms with Crippen LogP contribution in [0.5, 0.6) is 0 Å². The highest BCUT2D eigenvalue weighted by molar-refractivity contribution is 6.01.